The van der Waals surface area contributed by atoms with Gasteiger partial charge in [0.15, 0.2) is 0 Å². The summed E-state index contributed by atoms with van der Waals surface area (Å²) >= 11 is 0. The topological polar surface area (TPSA) is 63.3 Å². The highest BCUT2D eigenvalue weighted by molar-refractivity contribution is 5.93. The Labute approximate surface area is 147 Å². The molecule has 1 amide bonds. The summed E-state index contributed by atoms with van der Waals surface area (Å²) in [5.41, 5.74) is 1.69. The van der Waals surface area contributed by atoms with Gasteiger partial charge in [0, 0.05) is 12.7 Å². The lowest BCUT2D eigenvalue weighted by atomic mass is 10.2. The summed E-state index contributed by atoms with van der Waals surface area (Å²) in [5, 5.41) is 7.22. The number of hydrogen-bond acceptors (Lipinski definition) is 4. The molecule has 6 heteroatoms. The van der Waals surface area contributed by atoms with Crippen molar-refractivity contribution in [2.45, 2.75) is 12.6 Å². The molecule has 130 valence electrons. The van der Waals surface area contributed by atoms with Gasteiger partial charge in [-0.25, -0.2) is 0 Å². The highest BCUT2D eigenvalue weighted by Crippen LogP contribution is 2.17. The molecule has 0 aliphatic heterocycles. The predicted octanol–water partition coefficient (Wildman–Crippen LogP) is 2.56. The first kappa shape index (κ1) is 17.0. The van der Waals surface area contributed by atoms with E-state index in [0.29, 0.717) is 18.7 Å². The van der Waals surface area contributed by atoms with Crippen molar-refractivity contribution in [1.82, 2.24) is 20.0 Å². The van der Waals surface area contributed by atoms with Gasteiger partial charge in [-0.2, -0.15) is 5.10 Å². The molecule has 0 fully saturated rings. The summed E-state index contributed by atoms with van der Waals surface area (Å²) in [6.07, 6.45) is 5.00. The number of carbonyl (C=O) groups is 1. The van der Waals surface area contributed by atoms with Crippen LogP contribution >= 0.6 is 0 Å². The standard InChI is InChI=1S/C19H22N4O2/c1-22(2)17(18-9-6-10-25-18)12-20-19(24)16-11-21-23(14-16)13-15-7-4-3-5-8-15/h3-11,14,17H,12-13H2,1-2H3,(H,20,24). The molecular weight excluding hydrogens is 316 g/mol. The van der Waals surface area contributed by atoms with Crippen LogP contribution in [0.5, 0.6) is 0 Å². The Balaban J connectivity index is 1.60. The zero-order valence-electron chi connectivity index (χ0n) is 14.4. The van der Waals surface area contributed by atoms with Crippen LogP contribution in [0.2, 0.25) is 0 Å². The summed E-state index contributed by atoms with van der Waals surface area (Å²) in [4.78, 5) is 14.4. The first-order valence-electron chi connectivity index (χ1n) is 8.18. The van der Waals surface area contributed by atoms with E-state index in [0.717, 1.165) is 11.3 Å². The van der Waals surface area contributed by atoms with Gasteiger partial charge in [-0.15, -0.1) is 0 Å². The second-order valence-electron chi connectivity index (χ2n) is 6.12. The maximum Gasteiger partial charge on any atom is 0.254 e. The molecule has 1 atom stereocenters. The third-order valence-electron chi connectivity index (χ3n) is 4.03. The Morgan fingerprint density at radius 3 is 2.72 bits per heavy atom. The van der Waals surface area contributed by atoms with Gasteiger partial charge < -0.3 is 9.73 Å². The molecule has 0 aliphatic carbocycles. The normalized spacial score (nSPS) is 12.3. The second kappa shape index (κ2) is 7.81. The zero-order chi connectivity index (χ0) is 17.6. The van der Waals surface area contributed by atoms with Crippen LogP contribution in [-0.2, 0) is 6.54 Å². The lowest BCUT2D eigenvalue weighted by Crippen LogP contribution is -2.34. The molecule has 1 N–H and O–H groups in total. The monoisotopic (exact) mass is 338 g/mol. The Morgan fingerprint density at radius 1 is 1.24 bits per heavy atom. The van der Waals surface area contributed by atoms with Gasteiger partial charge in [-0.1, -0.05) is 30.3 Å². The molecule has 3 aromatic rings. The van der Waals surface area contributed by atoms with Crippen molar-refractivity contribution in [3.05, 3.63) is 78.0 Å². The lowest BCUT2D eigenvalue weighted by Gasteiger charge is -2.22. The fraction of sp³-hybridized carbons (Fsp3) is 0.263. The minimum atomic E-state index is -0.141. The van der Waals surface area contributed by atoms with Crippen LogP contribution in [0.1, 0.15) is 27.7 Å². The van der Waals surface area contributed by atoms with E-state index >= 15 is 0 Å². The van der Waals surface area contributed by atoms with Gasteiger partial charge in [0.05, 0.1) is 30.6 Å². The smallest absolute Gasteiger partial charge is 0.254 e. The molecule has 25 heavy (non-hydrogen) atoms. The first-order chi connectivity index (χ1) is 12.1. The van der Waals surface area contributed by atoms with Crippen LogP contribution in [0.15, 0.2) is 65.5 Å². The zero-order valence-corrected chi connectivity index (χ0v) is 14.4. The highest BCUT2D eigenvalue weighted by atomic mass is 16.3. The van der Waals surface area contributed by atoms with Crippen LogP contribution in [0.4, 0.5) is 0 Å². The van der Waals surface area contributed by atoms with Crippen molar-refractivity contribution in [3.63, 3.8) is 0 Å². The van der Waals surface area contributed by atoms with Gasteiger partial charge in [0.25, 0.3) is 5.91 Å². The molecule has 3 rings (SSSR count). The van der Waals surface area contributed by atoms with E-state index in [1.807, 2.05) is 61.5 Å². The SMILES string of the molecule is CN(C)C(CNC(=O)c1cnn(Cc2ccccc2)c1)c1ccco1. The van der Waals surface area contributed by atoms with Crippen LogP contribution in [0.3, 0.4) is 0 Å². The third-order valence-corrected chi connectivity index (χ3v) is 4.03. The highest BCUT2D eigenvalue weighted by Gasteiger charge is 2.18. The average Bonchev–Trinajstić information content (AvgIpc) is 3.28. The Bertz CT molecular complexity index is 794. The van der Waals surface area contributed by atoms with Crippen molar-refractivity contribution < 1.29 is 9.21 Å². The quantitative estimate of drug-likeness (QED) is 0.719. The van der Waals surface area contributed by atoms with E-state index in [9.17, 15) is 4.79 Å². The number of furan rings is 1. The Morgan fingerprint density at radius 2 is 2.04 bits per heavy atom. The maximum absolute atomic E-state index is 12.4. The number of rotatable bonds is 7. The van der Waals surface area contributed by atoms with Gasteiger partial charge in [0.2, 0.25) is 0 Å². The molecule has 1 aromatic carbocycles. The van der Waals surface area contributed by atoms with Gasteiger partial charge >= 0.3 is 0 Å². The molecule has 0 bridgehead atoms. The number of carbonyl (C=O) groups excluding carboxylic acids is 1. The van der Waals surface area contributed by atoms with Gasteiger partial charge in [-0.3, -0.25) is 14.4 Å². The summed E-state index contributed by atoms with van der Waals surface area (Å²) in [6, 6.07) is 13.8. The number of nitrogens with one attached hydrogen (secondary N) is 1. The van der Waals surface area contributed by atoms with Crippen molar-refractivity contribution in [2.24, 2.45) is 0 Å². The Kier molecular flexibility index (Phi) is 5.30. The van der Waals surface area contributed by atoms with Crippen LogP contribution in [-0.4, -0.2) is 41.2 Å². The lowest BCUT2D eigenvalue weighted by molar-refractivity contribution is 0.0939. The summed E-state index contributed by atoms with van der Waals surface area (Å²) in [5.74, 6) is 0.683. The summed E-state index contributed by atoms with van der Waals surface area (Å²) < 4.78 is 7.22. The number of nitrogens with zero attached hydrogens (tertiary/aromatic N) is 3. The number of amides is 1. The third kappa shape index (κ3) is 4.36. The molecular formula is C19H22N4O2. The summed E-state index contributed by atoms with van der Waals surface area (Å²) in [7, 11) is 3.91. The minimum absolute atomic E-state index is 0.0155. The molecule has 2 heterocycles. The molecule has 6 nitrogen and oxygen atoms in total. The molecule has 1 unspecified atom stereocenters. The molecule has 0 radical (unpaired) electrons. The van der Waals surface area contributed by atoms with Crippen LogP contribution < -0.4 is 5.32 Å². The maximum atomic E-state index is 12.4. The van der Waals surface area contributed by atoms with E-state index in [1.54, 1.807) is 23.3 Å². The van der Waals surface area contributed by atoms with Gasteiger partial charge in [-0.05, 0) is 31.8 Å². The number of aromatic nitrogens is 2. The van der Waals surface area contributed by atoms with E-state index in [4.69, 9.17) is 4.42 Å². The van der Waals surface area contributed by atoms with Crippen molar-refractivity contribution in [1.29, 1.82) is 0 Å². The molecule has 0 spiro atoms. The molecule has 0 aliphatic rings. The largest absolute Gasteiger partial charge is 0.468 e. The first-order valence-corrected chi connectivity index (χ1v) is 8.18. The number of likely N-dealkylation sites (N-methyl/N-ethyl adjacent to an activating group) is 1. The minimum Gasteiger partial charge on any atom is -0.468 e. The van der Waals surface area contributed by atoms with Crippen molar-refractivity contribution in [2.75, 3.05) is 20.6 Å². The van der Waals surface area contributed by atoms with E-state index in [-0.39, 0.29) is 11.9 Å². The van der Waals surface area contributed by atoms with Crippen molar-refractivity contribution >= 4 is 5.91 Å². The van der Waals surface area contributed by atoms with Crippen molar-refractivity contribution in [3.8, 4) is 0 Å². The van der Waals surface area contributed by atoms with E-state index in [1.165, 1.54) is 0 Å². The van der Waals surface area contributed by atoms with Crippen LogP contribution in [0, 0.1) is 0 Å². The molecule has 2 aromatic heterocycles. The average molecular weight is 338 g/mol. The van der Waals surface area contributed by atoms with Gasteiger partial charge in [0.1, 0.15) is 5.76 Å². The fourth-order valence-corrected chi connectivity index (χ4v) is 2.65. The van der Waals surface area contributed by atoms with Crippen LogP contribution in [0.25, 0.3) is 0 Å². The molecule has 0 saturated heterocycles. The summed E-state index contributed by atoms with van der Waals surface area (Å²) in [6.45, 7) is 1.10. The fourth-order valence-electron chi connectivity index (χ4n) is 2.65. The predicted molar refractivity (Wildman–Crippen MR) is 95.2 cm³/mol. The Hall–Kier alpha value is -2.86. The van der Waals surface area contributed by atoms with E-state index in [2.05, 4.69) is 10.4 Å². The number of benzene rings is 1. The molecule has 0 saturated carbocycles. The second-order valence-corrected chi connectivity index (χ2v) is 6.12. The van der Waals surface area contributed by atoms with E-state index < -0.39 is 0 Å². The number of hydrogen-bond donors (Lipinski definition) is 1.